The van der Waals surface area contributed by atoms with Crippen molar-refractivity contribution in [3.8, 4) is 5.75 Å². The third-order valence-electron chi connectivity index (χ3n) is 11.6. The van der Waals surface area contributed by atoms with Crippen molar-refractivity contribution in [2.24, 2.45) is 0 Å². The number of hydrogen-bond acceptors (Lipinski definition) is 6. The molecule has 11 nitrogen and oxygen atoms in total. The summed E-state index contributed by atoms with van der Waals surface area (Å²) in [4.78, 5) is 44.2. The van der Waals surface area contributed by atoms with Gasteiger partial charge in [-0.3, -0.25) is 9.69 Å². The van der Waals surface area contributed by atoms with Crippen LogP contribution in [0.4, 0.5) is 42.9 Å². The van der Waals surface area contributed by atoms with Crippen LogP contribution >= 0.6 is 0 Å². The summed E-state index contributed by atoms with van der Waals surface area (Å²) in [6, 6.07) is 22.0. The van der Waals surface area contributed by atoms with Gasteiger partial charge in [-0.1, -0.05) is 82.3 Å². The molecule has 10 rings (SSSR count). The van der Waals surface area contributed by atoms with Crippen LogP contribution < -0.4 is 15.4 Å². The van der Waals surface area contributed by atoms with E-state index >= 15 is 0 Å². The van der Waals surface area contributed by atoms with E-state index in [1.807, 2.05) is 43.0 Å². The number of alkyl halides is 3. The molecule has 2 saturated heterocycles. The highest BCUT2D eigenvalue weighted by Gasteiger charge is 2.51. The van der Waals surface area contributed by atoms with Crippen molar-refractivity contribution in [2.45, 2.75) is 65.1 Å². The molecule has 0 spiro atoms. The van der Waals surface area contributed by atoms with E-state index in [4.69, 9.17) is 4.74 Å². The predicted octanol–water partition coefficient (Wildman–Crippen LogP) is 10.7. The van der Waals surface area contributed by atoms with E-state index in [-0.39, 0.29) is 83.3 Å². The first-order valence-corrected chi connectivity index (χ1v) is 21.4. The molecular weight excluding hydrogens is 848 g/mol. The maximum absolute atomic E-state index is 13.5. The zero-order chi connectivity index (χ0) is 46.2. The number of para-hydroxylation sites is 1. The first kappa shape index (κ1) is 44.7. The van der Waals surface area contributed by atoms with Gasteiger partial charge in [0.2, 0.25) is 5.91 Å². The summed E-state index contributed by atoms with van der Waals surface area (Å²) in [5.41, 5.74) is 9.10. The molecule has 5 amide bonds. The van der Waals surface area contributed by atoms with Crippen LogP contribution in [0.25, 0.3) is 11.1 Å². The molecule has 65 heavy (non-hydrogen) atoms. The Bertz CT molecular complexity index is 2670. The van der Waals surface area contributed by atoms with Gasteiger partial charge in [0, 0.05) is 44.3 Å². The van der Waals surface area contributed by atoms with Crippen molar-refractivity contribution < 1.29 is 48.7 Å². The Labute approximate surface area is 376 Å². The summed E-state index contributed by atoms with van der Waals surface area (Å²) in [5.74, 6) is -0.721. The van der Waals surface area contributed by atoms with E-state index in [1.54, 1.807) is 29.2 Å². The Hall–Kier alpha value is -6.94. The van der Waals surface area contributed by atoms with Crippen LogP contribution in [0.2, 0.25) is 0 Å². The SMILES string of the molecule is CC.CC(C)c1ccccc1C1=CC=C2[C@@H]1N2C(=O)CN1Cc2cc(F)ccc2NC1=O.O=C1Nc2ccc(F)cc2CN1CCOCN1C2=CC=C(c3ccccc3OC(F)(F)F)[C@H]21.[HH].[HH]. The molecule has 0 radical (unpaired) electrons. The lowest BCUT2D eigenvalue weighted by Gasteiger charge is -2.29. The molecule has 2 N–H and O–H groups in total. The summed E-state index contributed by atoms with van der Waals surface area (Å²) >= 11 is 0. The Morgan fingerprint density at radius 3 is 1.97 bits per heavy atom. The van der Waals surface area contributed by atoms with Crippen LogP contribution in [0, 0.1) is 11.6 Å². The lowest BCUT2D eigenvalue weighted by atomic mass is 9.91. The second-order valence-electron chi connectivity index (χ2n) is 16.0. The maximum atomic E-state index is 13.5. The lowest BCUT2D eigenvalue weighted by molar-refractivity contribution is -0.274. The fourth-order valence-electron chi connectivity index (χ4n) is 8.53. The Kier molecular flexibility index (Phi) is 12.6. The van der Waals surface area contributed by atoms with Crippen molar-refractivity contribution in [1.82, 2.24) is 19.6 Å². The lowest BCUT2D eigenvalue weighted by Crippen LogP contribution is -2.43. The average molecular weight is 899 g/mol. The second-order valence-corrected chi connectivity index (χ2v) is 16.0. The third kappa shape index (κ3) is 9.48. The molecule has 0 saturated carbocycles. The molecule has 16 heteroatoms. The molecular formula is C49H51F5N6O5. The van der Waals surface area contributed by atoms with Crippen LogP contribution in [-0.2, 0) is 22.6 Å². The van der Waals surface area contributed by atoms with Gasteiger partial charge in [0.05, 0.1) is 19.2 Å². The van der Waals surface area contributed by atoms with Crippen LogP contribution in [0.15, 0.2) is 121 Å². The molecule has 6 aliphatic rings. The standard InChI is InChI=1S/C24H22FN3O2.C23H19F4N3O3.C2H6.2H2/c1-14(2)17-5-3-4-6-18(17)19-8-10-21-23(19)28(21)22(29)13-27-12-15-11-16(25)7-9-20(15)26-24(27)30;24-15-5-7-18-14(11-15)12-29(22(31)28-18)9-10-32-13-30-19-8-6-17(21(19)30)16-3-1-2-4-20(16)33-23(25,26)27;1-2;;/h3-11,14,23H,12-13H2,1-2H3,(H,26,30);1-8,11,21H,9-10,12-13H2,(H,28,31);1-2H3;2*1H/t23-,28?;21-,30?;;;/m11.../s1. The number of anilines is 2. The number of ether oxygens (including phenoxy) is 2. The highest BCUT2D eigenvalue weighted by molar-refractivity contribution is 5.99. The highest BCUT2D eigenvalue weighted by atomic mass is 19.4. The van der Waals surface area contributed by atoms with Crippen LogP contribution in [-0.4, -0.2) is 82.4 Å². The zero-order valence-corrected chi connectivity index (χ0v) is 36.1. The van der Waals surface area contributed by atoms with Crippen molar-refractivity contribution in [3.63, 3.8) is 0 Å². The van der Waals surface area contributed by atoms with E-state index < -0.39 is 6.36 Å². The third-order valence-corrected chi connectivity index (χ3v) is 11.6. The number of carbonyl (C=O) groups excluding carboxylic acids is 3. The van der Waals surface area contributed by atoms with E-state index in [9.17, 15) is 36.3 Å². The van der Waals surface area contributed by atoms with Gasteiger partial charge in [0.1, 0.15) is 36.7 Å². The number of amides is 5. The van der Waals surface area contributed by atoms with Gasteiger partial charge in [0.15, 0.2) is 0 Å². The molecule has 0 aromatic heterocycles. The molecule has 2 atom stereocenters. The van der Waals surface area contributed by atoms with Gasteiger partial charge in [-0.15, -0.1) is 13.2 Å². The minimum Gasteiger partial charge on any atom is -0.405 e. The smallest absolute Gasteiger partial charge is 0.405 e. The van der Waals surface area contributed by atoms with Gasteiger partial charge in [-0.05, 0) is 93.9 Å². The van der Waals surface area contributed by atoms with Crippen molar-refractivity contribution in [2.75, 3.05) is 37.1 Å². The number of halogens is 5. The number of carbonyl (C=O) groups is 3. The molecule has 4 aromatic carbocycles. The van der Waals surface area contributed by atoms with Crippen LogP contribution in [0.1, 0.15) is 64.3 Å². The van der Waals surface area contributed by atoms with Crippen molar-refractivity contribution >= 4 is 40.5 Å². The van der Waals surface area contributed by atoms with Crippen molar-refractivity contribution in [3.05, 3.63) is 160 Å². The number of rotatable bonds is 11. The topological polar surface area (TPSA) is 106 Å². The van der Waals surface area contributed by atoms with Crippen molar-refractivity contribution in [1.29, 1.82) is 0 Å². The normalized spacial score (nSPS) is 18.6. The largest absolute Gasteiger partial charge is 0.573 e. The summed E-state index contributed by atoms with van der Waals surface area (Å²) < 4.78 is 75.1. The summed E-state index contributed by atoms with van der Waals surface area (Å²) in [7, 11) is 0. The van der Waals surface area contributed by atoms with Gasteiger partial charge in [0.25, 0.3) is 0 Å². The highest BCUT2D eigenvalue weighted by Crippen LogP contribution is 2.50. The van der Waals surface area contributed by atoms with Gasteiger partial charge in [-0.25, -0.2) is 18.4 Å². The van der Waals surface area contributed by atoms with Gasteiger partial charge < -0.3 is 34.8 Å². The van der Waals surface area contributed by atoms with E-state index in [0.29, 0.717) is 46.1 Å². The molecule has 342 valence electrons. The Morgan fingerprint density at radius 1 is 0.754 bits per heavy atom. The monoisotopic (exact) mass is 898 g/mol. The molecule has 4 aromatic rings. The average Bonchev–Trinajstić information content (AvgIpc) is 4.03. The Morgan fingerprint density at radius 2 is 1.32 bits per heavy atom. The summed E-state index contributed by atoms with van der Waals surface area (Å²) in [6.45, 7) is 9.56. The minimum atomic E-state index is -4.77. The number of urea groups is 2. The van der Waals surface area contributed by atoms with Gasteiger partial charge >= 0.3 is 18.4 Å². The second kappa shape index (κ2) is 18.3. The molecule has 4 heterocycles. The first-order chi connectivity index (χ1) is 31.2. The fraction of sp³-hybridized carbons (Fsp3) is 0.286. The molecule has 4 aliphatic heterocycles. The number of nitrogens with zero attached hydrogens (tertiary/aromatic N) is 4. The summed E-state index contributed by atoms with van der Waals surface area (Å²) in [6.07, 6.45) is 2.92. The number of hydrogen-bond donors (Lipinski definition) is 2. The summed E-state index contributed by atoms with van der Waals surface area (Å²) in [5, 5.41) is 5.45. The quantitative estimate of drug-likeness (QED) is 0.0882. The molecule has 2 fully saturated rings. The number of allylic oxidation sites excluding steroid dienone is 4. The zero-order valence-electron chi connectivity index (χ0n) is 36.1. The van der Waals surface area contributed by atoms with Crippen LogP contribution in [0.5, 0.6) is 5.75 Å². The maximum Gasteiger partial charge on any atom is 0.573 e. The van der Waals surface area contributed by atoms with Crippen LogP contribution in [0.3, 0.4) is 0 Å². The fourth-order valence-corrected chi connectivity index (χ4v) is 8.53. The molecule has 0 unspecified atom stereocenters. The van der Waals surface area contributed by atoms with E-state index in [0.717, 1.165) is 17.0 Å². The molecule has 2 aliphatic carbocycles. The minimum absolute atomic E-state index is 0. The first-order valence-electron chi connectivity index (χ1n) is 21.4. The molecule has 0 bridgehead atoms. The number of fused-ring (bicyclic) bond motifs is 4. The van der Waals surface area contributed by atoms with E-state index in [2.05, 4.69) is 47.4 Å². The van der Waals surface area contributed by atoms with E-state index in [1.165, 1.54) is 63.4 Å². The van der Waals surface area contributed by atoms with Gasteiger partial charge in [-0.2, -0.15) is 0 Å². The number of nitrogens with one attached hydrogen (secondary N) is 2. The predicted molar refractivity (Wildman–Crippen MR) is 240 cm³/mol. The Balaban J connectivity index is 0.000000208. The number of benzene rings is 4.